The highest BCUT2D eigenvalue weighted by atomic mass is 16.3. The number of likely N-dealkylation sites (tertiary alicyclic amines) is 1. The van der Waals surface area contributed by atoms with Gasteiger partial charge in [0.1, 0.15) is 0 Å². The fourth-order valence-corrected chi connectivity index (χ4v) is 4.96. The number of anilines is 1. The third-order valence-electron chi connectivity index (χ3n) is 7.10. The van der Waals surface area contributed by atoms with Gasteiger partial charge >= 0.3 is 0 Å². The summed E-state index contributed by atoms with van der Waals surface area (Å²) in [6.07, 6.45) is 4.42. The average Bonchev–Trinajstić information content (AvgIpc) is 2.85. The van der Waals surface area contributed by atoms with Crippen LogP contribution in [-0.4, -0.2) is 41.0 Å². The molecule has 6 nitrogen and oxygen atoms in total. The zero-order valence-electron chi connectivity index (χ0n) is 19.1. The molecular weight excluding hydrogens is 414 g/mol. The van der Waals surface area contributed by atoms with Crippen LogP contribution in [0.25, 0.3) is 0 Å². The topological polar surface area (TPSA) is 93.4 Å². The van der Waals surface area contributed by atoms with Gasteiger partial charge in [-0.3, -0.25) is 9.59 Å². The number of aliphatic hydroxyl groups is 1. The number of nitrogens with one attached hydrogen (secondary N) is 1. The minimum atomic E-state index is -0.596. The molecule has 2 aromatic rings. The lowest BCUT2D eigenvalue weighted by Crippen LogP contribution is -2.38. The number of aliphatic hydroxyl groups excluding tert-OH is 1. The number of amides is 2. The van der Waals surface area contributed by atoms with Crippen molar-refractivity contribution in [3.05, 3.63) is 64.7 Å². The molecule has 2 amide bonds. The number of piperidine rings is 1. The molecule has 4 rings (SSSR count). The fourth-order valence-electron chi connectivity index (χ4n) is 4.96. The number of carbonyl (C=O) groups excluding carboxylic acids is 2. The second-order valence-electron chi connectivity index (χ2n) is 9.28. The zero-order valence-corrected chi connectivity index (χ0v) is 19.1. The van der Waals surface area contributed by atoms with E-state index in [4.69, 9.17) is 5.26 Å². The Hall–Kier alpha value is -3.17. The first-order valence-electron chi connectivity index (χ1n) is 11.8. The molecule has 33 heavy (non-hydrogen) atoms. The summed E-state index contributed by atoms with van der Waals surface area (Å²) in [4.78, 5) is 27.8. The van der Waals surface area contributed by atoms with E-state index in [9.17, 15) is 14.7 Å². The van der Waals surface area contributed by atoms with Crippen LogP contribution in [0.1, 0.15) is 71.5 Å². The van der Waals surface area contributed by atoms with Crippen LogP contribution in [0.3, 0.4) is 0 Å². The summed E-state index contributed by atoms with van der Waals surface area (Å²) >= 11 is 0. The van der Waals surface area contributed by atoms with Crippen molar-refractivity contribution < 1.29 is 14.7 Å². The highest BCUT2D eigenvalue weighted by Gasteiger charge is 2.30. The maximum atomic E-state index is 13.2. The summed E-state index contributed by atoms with van der Waals surface area (Å²) in [5.74, 6) is -0.199. The number of hydrogen-bond donors (Lipinski definition) is 2. The van der Waals surface area contributed by atoms with E-state index in [0.717, 1.165) is 31.2 Å². The number of aryl methyl sites for hydroxylation is 1. The Morgan fingerprint density at radius 3 is 2.39 bits per heavy atom. The molecule has 1 heterocycles. The van der Waals surface area contributed by atoms with E-state index in [1.165, 1.54) is 5.56 Å². The van der Waals surface area contributed by atoms with Crippen molar-refractivity contribution in [1.29, 1.82) is 5.26 Å². The van der Waals surface area contributed by atoms with Gasteiger partial charge < -0.3 is 15.3 Å². The van der Waals surface area contributed by atoms with Crippen LogP contribution in [0.2, 0.25) is 0 Å². The predicted molar refractivity (Wildman–Crippen MR) is 127 cm³/mol. The van der Waals surface area contributed by atoms with Crippen molar-refractivity contribution >= 4 is 17.5 Å². The molecule has 0 radical (unpaired) electrons. The van der Waals surface area contributed by atoms with E-state index in [2.05, 4.69) is 11.4 Å². The van der Waals surface area contributed by atoms with E-state index in [1.54, 1.807) is 6.07 Å². The molecular formula is C27H31N3O3. The highest BCUT2D eigenvalue weighted by Crippen LogP contribution is 2.30. The van der Waals surface area contributed by atoms with E-state index >= 15 is 0 Å². The van der Waals surface area contributed by atoms with Crippen LogP contribution in [0.4, 0.5) is 5.69 Å². The second-order valence-corrected chi connectivity index (χ2v) is 9.28. The van der Waals surface area contributed by atoms with Gasteiger partial charge in [-0.05, 0) is 73.9 Å². The Morgan fingerprint density at radius 2 is 1.73 bits per heavy atom. The molecule has 0 bridgehead atoms. The van der Waals surface area contributed by atoms with E-state index in [1.807, 2.05) is 48.2 Å². The SMILES string of the molecule is Cc1ccc(C(=O)N2CCC(c3ccc(C#N)cc3)CC2)cc1NC(=O)[C@H]1CCCC[C@H]1O. The first-order valence-corrected chi connectivity index (χ1v) is 11.8. The number of carbonyl (C=O) groups is 2. The van der Waals surface area contributed by atoms with Crippen molar-refractivity contribution in [1.82, 2.24) is 4.90 Å². The first kappa shape index (κ1) is 23.0. The predicted octanol–water partition coefficient (Wildman–Crippen LogP) is 4.38. The lowest BCUT2D eigenvalue weighted by atomic mass is 9.86. The summed E-state index contributed by atoms with van der Waals surface area (Å²) in [7, 11) is 0. The van der Waals surface area contributed by atoms with Gasteiger partial charge in [-0.25, -0.2) is 0 Å². The van der Waals surface area contributed by atoms with E-state index < -0.39 is 12.0 Å². The van der Waals surface area contributed by atoms with Crippen LogP contribution >= 0.6 is 0 Å². The fraction of sp³-hybridized carbons (Fsp3) is 0.444. The summed E-state index contributed by atoms with van der Waals surface area (Å²) in [5, 5.41) is 22.1. The standard InChI is InChI=1S/C27H31N3O3/c1-18-6-9-22(16-24(18)29-26(32)23-4-2-3-5-25(23)31)27(33)30-14-12-21(13-15-30)20-10-7-19(17-28)8-11-20/h6-11,16,21,23,25,31H,2-5,12-15H2,1H3,(H,29,32)/t23-,25+/m0/s1. The second kappa shape index (κ2) is 10.2. The molecule has 172 valence electrons. The molecule has 2 aliphatic rings. The molecule has 0 aromatic heterocycles. The van der Waals surface area contributed by atoms with Crippen molar-refractivity contribution in [3.63, 3.8) is 0 Å². The molecule has 0 spiro atoms. The van der Waals surface area contributed by atoms with Crippen LogP contribution < -0.4 is 5.32 Å². The normalized spacial score (nSPS) is 21.3. The zero-order chi connectivity index (χ0) is 23.4. The largest absolute Gasteiger partial charge is 0.392 e. The van der Waals surface area contributed by atoms with Gasteiger partial charge in [-0.15, -0.1) is 0 Å². The molecule has 1 aliphatic heterocycles. The van der Waals surface area contributed by atoms with Crippen LogP contribution in [0.5, 0.6) is 0 Å². The van der Waals surface area contributed by atoms with Gasteiger partial charge in [0.2, 0.25) is 5.91 Å². The average molecular weight is 446 g/mol. The highest BCUT2D eigenvalue weighted by molar-refractivity contribution is 5.98. The number of nitrogens with zero attached hydrogens (tertiary/aromatic N) is 2. The van der Waals surface area contributed by atoms with Crippen LogP contribution in [0.15, 0.2) is 42.5 Å². The number of hydrogen-bond acceptors (Lipinski definition) is 4. The first-order chi connectivity index (χ1) is 16.0. The number of benzene rings is 2. The molecule has 0 unspecified atom stereocenters. The summed E-state index contributed by atoms with van der Waals surface area (Å²) in [6, 6.07) is 15.3. The molecule has 2 fully saturated rings. The minimum absolute atomic E-state index is 0.0264. The van der Waals surface area contributed by atoms with Crippen molar-refractivity contribution in [2.75, 3.05) is 18.4 Å². The lowest BCUT2D eigenvalue weighted by Gasteiger charge is -2.32. The molecule has 2 N–H and O–H groups in total. The van der Waals surface area contributed by atoms with Gasteiger partial charge in [0.05, 0.1) is 23.7 Å². The third-order valence-corrected chi connectivity index (χ3v) is 7.10. The Labute approximate surface area is 195 Å². The van der Waals surface area contributed by atoms with Crippen molar-refractivity contribution in [2.24, 2.45) is 5.92 Å². The van der Waals surface area contributed by atoms with Crippen LogP contribution in [0, 0.1) is 24.2 Å². The monoisotopic (exact) mass is 445 g/mol. The Bertz CT molecular complexity index is 1050. The smallest absolute Gasteiger partial charge is 0.253 e. The lowest BCUT2D eigenvalue weighted by molar-refractivity contribution is -0.124. The van der Waals surface area contributed by atoms with E-state index in [-0.39, 0.29) is 11.8 Å². The molecule has 2 atom stereocenters. The molecule has 2 aromatic carbocycles. The van der Waals surface area contributed by atoms with E-state index in [0.29, 0.717) is 48.7 Å². The quantitative estimate of drug-likeness (QED) is 0.730. The Kier molecular flexibility index (Phi) is 7.10. The van der Waals surface area contributed by atoms with Crippen molar-refractivity contribution in [2.45, 2.75) is 57.5 Å². The van der Waals surface area contributed by atoms with Crippen molar-refractivity contribution in [3.8, 4) is 6.07 Å². The molecule has 1 saturated heterocycles. The van der Waals surface area contributed by atoms with Gasteiger partial charge in [-0.2, -0.15) is 5.26 Å². The van der Waals surface area contributed by atoms with Gasteiger partial charge in [0.25, 0.3) is 5.91 Å². The maximum absolute atomic E-state index is 13.2. The molecule has 1 aliphatic carbocycles. The summed E-state index contributed by atoms with van der Waals surface area (Å²) in [6.45, 7) is 3.25. The number of nitriles is 1. The third kappa shape index (κ3) is 5.26. The summed E-state index contributed by atoms with van der Waals surface area (Å²) in [5.41, 5.74) is 3.97. The minimum Gasteiger partial charge on any atom is -0.392 e. The van der Waals surface area contributed by atoms with Gasteiger partial charge in [-0.1, -0.05) is 31.0 Å². The molecule has 6 heteroatoms. The Balaban J connectivity index is 1.39. The maximum Gasteiger partial charge on any atom is 0.253 e. The van der Waals surface area contributed by atoms with Gasteiger partial charge in [0, 0.05) is 24.3 Å². The number of rotatable bonds is 4. The van der Waals surface area contributed by atoms with Gasteiger partial charge in [0.15, 0.2) is 0 Å². The summed E-state index contributed by atoms with van der Waals surface area (Å²) < 4.78 is 0. The molecule has 1 saturated carbocycles. The van der Waals surface area contributed by atoms with Crippen LogP contribution in [-0.2, 0) is 4.79 Å². The Morgan fingerprint density at radius 1 is 1.03 bits per heavy atom.